The lowest BCUT2D eigenvalue weighted by molar-refractivity contribution is 0.0821. The van der Waals surface area contributed by atoms with Gasteiger partial charge in [0.2, 0.25) is 0 Å². The number of hydrogen-bond acceptors (Lipinski definition) is 2. The molecular weight excluding hydrogens is 292 g/mol. The van der Waals surface area contributed by atoms with Crippen molar-refractivity contribution < 1.29 is 9.84 Å². The van der Waals surface area contributed by atoms with Gasteiger partial charge < -0.3 is 9.84 Å². The van der Waals surface area contributed by atoms with Gasteiger partial charge >= 0.3 is 0 Å². The normalized spacial score (nSPS) is 18.6. The second kappa shape index (κ2) is 6.07. The van der Waals surface area contributed by atoms with Crippen LogP contribution in [-0.4, -0.2) is 18.8 Å². The zero-order valence-electron chi connectivity index (χ0n) is 10.9. The Morgan fingerprint density at radius 1 is 1.28 bits per heavy atom. The molecule has 2 nitrogen and oxygen atoms in total. The van der Waals surface area contributed by atoms with Crippen molar-refractivity contribution in [3.63, 3.8) is 0 Å². The van der Waals surface area contributed by atoms with E-state index in [0.717, 1.165) is 29.5 Å². The summed E-state index contributed by atoms with van der Waals surface area (Å²) in [6.45, 7) is 0.288. The van der Waals surface area contributed by atoms with Gasteiger partial charge in [-0.1, -0.05) is 35.2 Å². The fourth-order valence-corrected chi connectivity index (χ4v) is 3.30. The predicted octanol–water partition coefficient (Wildman–Crippen LogP) is 3.94. The van der Waals surface area contributed by atoms with Crippen LogP contribution in [0.4, 0.5) is 0 Å². The molecule has 1 aliphatic carbocycles. The zero-order valence-corrected chi connectivity index (χ0v) is 12.5. The Morgan fingerprint density at radius 3 is 2.61 bits per heavy atom. The third kappa shape index (κ3) is 3.07. The van der Waals surface area contributed by atoms with E-state index >= 15 is 0 Å². The third-order valence-corrected chi connectivity index (χ3v) is 4.84. The quantitative estimate of drug-likeness (QED) is 0.912. The maximum absolute atomic E-state index is 9.77. The molecule has 0 amide bonds. The second-order valence-corrected chi connectivity index (χ2v) is 6.21. The highest BCUT2D eigenvalue weighted by molar-refractivity contribution is 9.10. The summed E-state index contributed by atoms with van der Waals surface area (Å²) in [4.78, 5) is 0. The first-order chi connectivity index (χ1) is 8.69. The number of benzene rings is 1. The summed E-state index contributed by atoms with van der Waals surface area (Å²) in [7, 11) is 1.69. The molecular formula is C15H21BrO2. The first-order valence-corrected chi connectivity index (χ1v) is 7.42. The van der Waals surface area contributed by atoms with Crippen molar-refractivity contribution in [2.45, 2.75) is 38.5 Å². The van der Waals surface area contributed by atoms with Gasteiger partial charge in [0.25, 0.3) is 0 Å². The fourth-order valence-electron chi connectivity index (χ4n) is 2.91. The number of aliphatic hydroxyl groups excluding tert-OH is 1. The highest BCUT2D eigenvalue weighted by Gasteiger charge is 2.32. The summed E-state index contributed by atoms with van der Waals surface area (Å²) in [5, 5.41) is 9.77. The Labute approximate surface area is 117 Å². The summed E-state index contributed by atoms with van der Waals surface area (Å²) in [5.41, 5.74) is 1.32. The van der Waals surface area contributed by atoms with Crippen LogP contribution < -0.4 is 4.74 Å². The first-order valence-electron chi connectivity index (χ1n) is 6.62. The van der Waals surface area contributed by atoms with Crippen LogP contribution in [0.5, 0.6) is 5.75 Å². The average molecular weight is 313 g/mol. The van der Waals surface area contributed by atoms with Gasteiger partial charge in [0.05, 0.1) is 7.11 Å². The van der Waals surface area contributed by atoms with Gasteiger partial charge in [-0.05, 0) is 48.4 Å². The number of halogens is 1. The van der Waals surface area contributed by atoms with Crippen LogP contribution in [0, 0.1) is 5.41 Å². The van der Waals surface area contributed by atoms with Crippen LogP contribution in [0.1, 0.15) is 37.7 Å². The van der Waals surface area contributed by atoms with E-state index in [4.69, 9.17) is 4.74 Å². The van der Waals surface area contributed by atoms with Gasteiger partial charge in [-0.15, -0.1) is 0 Å². The van der Waals surface area contributed by atoms with Gasteiger partial charge in [-0.2, -0.15) is 0 Å². The Kier molecular flexibility index (Phi) is 4.68. The maximum atomic E-state index is 9.77. The molecule has 1 saturated carbocycles. The molecule has 100 valence electrons. The molecule has 0 saturated heterocycles. The fraction of sp³-hybridized carbons (Fsp3) is 0.600. The Morgan fingerprint density at radius 2 is 2.00 bits per heavy atom. The second-order valence-electron chi connectivity index (χ2n) is 5.35. The van der Waals surface area contributed by atoms with Crippen LogP contribution in [0.25, 0.3) is 0 Å². The molecule has 0 heterocycles. The van der Waals surface area contributed by atoms with Crippen LogP contribution in [0.2, 0.25) is 0 Å². The Balaban J connectivity index is 2.20. The summed E-state index contributed by atoms with van der Waals surface area (Å²) in [6, 6.07) is 6.07. The smallest absolute Gasteiger partial charge is 0.119 e. The lowest BCUT2D eigenvalue weighted by Crippen LogP contribution is -2.30. The Hall–Kier alpha value is -0.540. The zero-order chi connectivity index (χ0) is 13.0. The van der Waals surface area contributed by atoms with Gasteiger partial charge in [0, 0.05) is 11.1 Å². The summed E-state index contributed by atoms with van der Waals surface area (Å²) < 4.78 is 6.39. The van der Waals surface area contributed by atoms with E-state index in [-0.39, 0.29) is 12.0 Å². The van der Waals surface area contributed by atoms with E-state index in [1.54, 1.807) is 7.11 Å². The summed E-state index contributed by atoms with van der Waals surface area (Å²) >= 11 is 3.60. The molecule has 0 bridgehead atoms. The maximum Gasteiger partial charge on any atom is 0.119 e. The number of ether oxygens (including phenoxy) is 1. The van der Waals surface area contributed by atoms with E-state index in [2.05, 4.69) is 22.0 Å². The topological polar surface area (TPSA) is 29.5 Å². The lowest BCUT2D eigenvalue weighted by Gasteiger charge is -2.36. The molecule has 1 N–H and O–H groups in total. The van der Waals surface area contributed by atoms with Crippen LogP contribution in [0.15, 0.2) is 22.7 Å². The number of aliphatic hydroxyl groups is 1. The Bertz CT molecular complexity index is 397. The summed E-state index contributed by atoms with van der Waals surface area (Å²) in [6.07, 6.45) is 6.98. The molecule has 2 rings (SSSR count). The highest BCUT2D eigenvalue weighted by Crippen LogP contribution is 2.40. The van der Waals surface area contributed by atoms with Gasteiger partial charge in [0.1, 0.15) is 5.75 Å². The summed E-state index contributed by atoms with van der Waals surface area (Å²) in [5.74, 6) is 0.886. The lowest BCUT2D eigenvalue weighted by atomic mass is 9.71. The van der Waals surface area contributed by atoms with E-state index in [1.165, 1.54) is 24.8 Å². The van der Waals surface area contributed by atoms with Crippen molar-refractivity contribution >= 4 is 15.9 Å². The van der Waals surface area contributed by atoms with E-state index in [0.29, 0.717) is 0 Å². The van der Waals surface area contributed by atoms with Crippen LogP contribution >= 0.6 is 15.9 Å². The van der Waals surface area contributed by atoms with Crippen molar-refractivity contribution in [3.8, 4) is 5.75 Å². The van der Waals surface area contributed by atoms with E-state index in [9.17, 15) is 5.11 Å². The van der Waals surface area contributed by atoms with Crippen molar-refractivity contribution in [1.29, 1.82) is 0 Å². The van der Waals surface area contributed by atoms with Crippen molar-refractivity contribution in [2.75, 3.05) is 13.7 Å². The minimum atomic E-state index is 0.0765. The average Bonchev–Trinajstić information content (AvgIpc) is 2.42. The molecule has 1 aliphatic rings. The number of hydrogen-bond donors (Lipinski definition) is 1. The van der Waals surface area contributed by atoms with Crippen LogP contribution in [0.3, 0.4) is 0 Å². The SMILES string of the molecule is COc1ccc(Br)c(CC2(CO)CCCCC2)c1. The predicted molar refractivity (Wildman–Crippen MR) is 77.0 cm³/mol. The molecule has 3 heteroatoms. The van der Waals surface area contributed by atoms with Gasteiger partial charge in [-0.3, -0.25) is 0 Å². The van der Waals surface area contributed by atoms with Crippen molar-refractivity contribution in [3.05, 3.63) is 28.2 Å². The molecule has 18 heavy (non-hydrogen) atoms. The molecule has 0 atom stereocenters. The first kappa shape index (κ1) is 13.9. The minimum Gasteiger partial charge on any atom is -0.497 e. The molecule has 1 aromatic rings. The number of methoxy groups -OCH3 is 1. The van der Waals surface area contributed by atoms with Crippen molar-refractivity contribution in [1.82, 2.24) is 0 Å². The monoisotopic (exact) mass is 312 g/mol. The third-order valence-electron chi connectivity index (χ3n) is 4.07. The highest BCUT2D eigenvalue weighted by atomic mass is 79.9. The molecule has 0 aliphatic heterocycles. The standard InChI is InChI=1S/C15H21BrO2/c1-18-13-5-6-14(16)12(9-13)10-15(11-17)7-3-2-4-8-15/h5-6,9,17H,2-4,7-8,10-11H2,1H3. The molecule has 1 aromatic carbocycles. The minimum absolute atomic E-state index is 0.0765. The van der Waals surface area contributed by atoms with Gasteiger partial charge in [-0.25, -0.2) is 0 Å². The molecule has 0 spiro atoms. The van der Waals surface area contributed by atoms with E-state index < -0.39 is 0 Å². The van der Waals surface area contributed by atoms with Crippen molar-refractivity contribution in [2.24, 2.45) is 5.41 Å². The van der Waals surface area contributed by atoms with Crippen LogP contribution in [-0.2, 0) is 6.42 Å². The molecule has 0 aromatic heterocycles. The molecule has 1 fully saturated rings. The number of rotatable bonds is 4. The van der Waals surface area contributed by atoms with E-state index in [1.807, 2.05) is 12.1 Å². The molecule has 0 radical (unpaired) electrons. The molecule has 0 unspecified atom stereocenters. The van der Waals surface area contributed by atoms with Gasteiger partial charge in [0.15, 0.2) is 0 Å². The largest absolute Gasteiger partial charge is 0.497 e.